The lowest BCUT2D eigenvalue weighted by Gasteiger charge is -2.29. The van der Waals surface area contributed by atoms with Crippen molar-refractivity contribution in [3.8, 4) is 0 Å². The maximum atomic E-state index is 11.9. The van der Waals surface area contributed by atoms with Crippen LogP contribution >= 0.6 is 0 Å². The molecule has 0 bridgehead atoms. The predicted octanol–water partition coefficient (Wildman–Crippen LogP) is 0.217. The number of carbonyl (C=O) groups is 2. The Labute approximate surface area is 111 Å². The molecule has 1 saturated heterocycles. The van der Waals surface area contributed by atoms with Gasteiger partial charge in [-0.05, 0) is 24.5 Å². The zero-order valence-electron chi connectivity index (χ0n) is 10.6. The van der Waals surface area contributed by atoms with Gasteiger partial charge < -0.3 is 15.3 Å². The normalized spacial score (nSPS) is 21.2. The highest BCUT2D eigenvalue weighted by Crippen LogP contribution is 2.40. The SMILES string of the molecule is O=C1CN(c2ccccc2CC2(O)CC2)C(=O)CN1. The fourth-order valence-electron chi connectivity index (χ4n) is 2.38. The number of hydrogen-bond donors (Lipinski definition) is 2. The molecule has 2 N–H and O–H groups in total. The molecule has 2 fully saturated rings. The van der Waals surface area contributed by atoms with E-state index in [1.807, 2.05) is 24.3 Å². The third kappa shape index (κ3) is 2.46. The van der Waals surface area contributed by atoms with Crippen molar-refractivity contribution < 1.29 is 14.7 Å². The number of aliphatic hydroxyl groups is 1. The summed E-state index contributed by atoms with van der Waals surface area (Å²) in [5.41, 5.74) is 1.05. The van der Waals surface area contributed by atoms with Gasteiger partial charge in [0.1, 0.15) is 6.54 Å². The summed E-state index contributed by atoms with van der Waals surface area (Å²) < 4.78 is 0. The van der Waals surface area contributed by atoms with Gasteiger partial charge in [0.05, 0.1) is 12.1 Å². The van der Waals surface area contributed by atoms with Crippen molar-refractivity contribution in [2.24, 2.45) is 0 Å². The molecule has 1 aliphatic carbocycles. The van der Waals surface area contributed by atoms with Crippen LogP contribution in [-0.2, 0) is 16.0 Å². The molecule has 2 aliphatic rings. The average molecular weight is 260 g/mol. The van der Waals surface area contributed by atoms with Gasteiger partial charge in [-0.15, -0.1) is 0 Å². The van der Waals surface area contributed by atoms with Crippen molar-refractivity contribution in [2.45, 2.75) is 24.9 Å². The highest BCUT2D eigenvalue weighted by atomic mass is 16.3. The molecule has 0 aromatic heterocycles. The van der Waals surface area contributed by atoms with Crippen LogP contribution < -0.4 is 10.2 Å². The third-order valence-corrected chi connectivity index (χ3v) is 3.67. The maximum Gasteiger partial charge on any atom is 0.246 e. The maximum absolute atomic E-state index is 11.9. The van der Waals surface area contributed by atoms with E-state index >= 15 is 0 Å². The summed E-state index contributed by atoms with van der Waals surface area (Å²) in [6.07, 6.45) is 2.14. The number of amides is 2. The van der Waals surface area contributed by atoms with E-state index < -0.39 is 5.60 Å². The van der Waals surface area contributed by atoms with Crippen LogP contribution in [0.15, 0.2) is 24.3 Å². The predicted molar refractivity (Wildman–Crippen MR) is 69.7 cm³/mol. The highest BCUT2D eigenvalue weighted by molar-refractivity contribution is 6.04. The van der Waals surface area contributed by atoms with Crippen LogP contribution in [0, 0.1) is 0 Å². The standard InChI is InChI=1S/C14H16N2O3/c17-12-9-16(13(18)8-15-12)11-4-2-1-3-10(11)7-14(19)5-6-14/h1-4,19H,5-9H2,(H,15,17). The van der Waals surface area contributed by atoms with E-state index in [4.69, 9.17) is 0 Å². The van der Waals surface area contributed by atoms with Crippen LogP contribution in [0.4, 0.5) is 5.69 Å². The summed E-state index contributed by atoms with van der Waals surface area (Å²) in [4.78, 5) is 24.9. The summed E-state index contributed by atoms with van der Waals surface area (Å²) in [7, 11) is 0. The van der Waals surface area contributed by atoms with Gasteiger partial charge in [0.2, 0.25) is 11.8 Å². The Morgan fingerprint density at radius 1 is 1.26 bits per heavy atom. The fraction of sp³-hybridized carbons (Fsp3) is 0.429. The van der Waals surface area contributed by atoms with Crippen molar-refractivity contribution in [3.05, 3.63) is 29.8 Å². The molecular weight excluding hydrogens is 244 g/mol. The van der Waals surface area contributed by atoms with Crippen LogP contribution in [0.5, 0.6) is 0 Å². The van der Waals surface area contributed by atoms with Crippen molar-refractivity contribution in [1.82, 2.24) is 5.32 Å². The summed E-state index contributed by atoms with van der Waals surface area (Å²) in [5.74, 6) is -0.269. The Hall–Kier alpha value is -1.88. The number of para-hydroxylation sites is 1. The van der Waals surface area contributed by atoms with Crippen molar-refractivity contribution in [1.29, 1.82) is 0 Å². The van der Waals surface area contributed by atoms with E-state index in [-0.39, 0.29) is 24.9 Å². The molecular formula is C14H16N2O3. The van der Waals surface area contributed by atoms with Crippen LogP contribution in [0.1, 0.15) is 18.4 Å². The van der Waals surface area contributed by atoms with E-state index in [1.165, 1.54) is 4.90 Å². The van der Waals surface area contributed by atoms with Gasteiger partial charge in [0.15, 0.2) is 0 Å². The third-order valence-electron chi connectivity index (χ3n) is 3.67. The number of benzene rings is 1. The zero-order valence-corrected chi connectivity index (χ0v) is 10.6. The number of anilines is 1. The first-order valence-electron chi connectivity index (χ1n) is 6.45. The molecule has 2 amide bonds. The first kappa shape index (κ1) is 12.2. The first-order valence-corrected chi connectivity index (χ1v) is 6.45. The monoisotopic (exact) mass is 260 g/mol. The molecule has 1 aromatic rings. The second-order valence-electron chi connectivity index (χ2n) is 5.29. The molecule has 100 valence electrons. The molecule has 0 atom stereocenters. The molecule has 5 nitrogen and oxygen atoms in total. The largest absolute Gasteiger partial charge is 0.390 e. The number of hydrogen-bond acceptors (Lipinski definition) is 3. The quantitative estimate of drug-likeness (QED) is 0.816. The Morgan fingerprint density at radius 2 is 2.00 bits per heavy atom. The summed E-state index contributed by atoms with van der Waals surface area (Å²) in [6.45, 7) is 0.0890. The summed E-state index contributed by atoms with van der Waals surface area (Å²) in [6, 6.07) is 7.47. The highest BCUT2D eigenvalue weighted by Gasteiger charge is 2.41. The first-order chi connectivity index (χ1) is 9.07. The summed E-state index contributed by atoms with van der Waals surface area (Å²) in [5, 5.41) is 12.6. The molecule has 0 spiro atoms. The van der Waals surface area contributed by atoms with Crippen LogP contribution in [-0.4, -0.2) is 35.6 Å². The van der Waals surface area contributed by atoms with Gasteiger partial charge in [-0.1, -0.05) is 18.2 Å². The molecule has 19 heavy (non-hydrogen) atoms. The molecule has 3 rings (SSSR count). The lowest BCUT2D eigenvalue weighted by atomic mass is 10.0. The Kier molecular flexibility index (Phi) is 2.78. The minimum atomic E-state index is -0.614. The molecule has 1 heterocycles. The number of rotatable bonds is 3. The molecule has 1 saturated carbocycles. The van der Waals surface area contributed by atoms with E-state index in [1.54, 1.807) is 0 Å². The Bertz CT molecular complexity index is 537. The second-order valence-corrected chi connectivity index (χ2v) is 5.29. The Morgan fingerprint density at radius 3 is 2.74 bits per heavy atom. The van der Waals surface area contributed by atoms with Gasteiger partial charge >= 0.3 is 0 Å². The topological polar surface area (TPSA) is 69.6 Å². The molecule has 0 radical (unpaired) electrons. The lowest BCUT2D eigenvalue weighted by molar-refractivity contribution is -0.128. The fourth-order valence-corrected chi connectivity index (χ4v) is 2.38. The second kappa shape index (κ2) is 4.35. The van der Waals surface area contributed by atoms with E-state index in [0.717, 1.165) is 24.1 Å². The number of carbonyl (C=O) groups excluding carboxylic acids is 2. The van der Waals surface area contributed by atoms with Gasteiger partial charge in [0.25, 0.3) is 0 Å². The minimum Gasteiger partial charge on any atom is -0.390 e. The Balaban J connectivity index is 1.90. The van der Waals surface area contributed by atoms with Crippen LogP contribution in [0.3, 0.4) is 0 Å². The van der Waals surface area contributed by atoms with E-state index in [0.29, 0.717) is 6.42 Å². The van der Waals surface area contributed by atoms with Crippen molar-refractivity contribution >= 4 is 17.5 Å². The number of piperazine rings is 1. The van der Waals surface area contributed by atoms with Crippen LogP contribution in [0.2, 0.25) is 0 Å². The van der Waals surface area contributed by atoms with Gasteiger partial charge in [-0.25, -0.2) is 0 Å². The van der Waals surface area contributed by atoms with Crippen LogP contribution in [0.25, 0.3) is 0 Å². The number of nitrogens with zero attached hydrogens (tertiary/aromatic N) is 1. The van der Waals surface area contributed by atoms with Gasteiger partial charge in [-0.2, -0.15) is 0 Å². The summed E-state index contributed by atoms with van der Waals surface area (Å²) >= 11 is 0. The number of nitrogens with one attached hydrogen (secondary N) is 1. The van der Waals surface area contributed by atoms with Gasteiger partial charge in [-0.3, -0.25) is 9.59 Å². The van der Waals surface area contributed by atoms with Crippen molar-refractivity contribution in [2.75, 3.05) is 18.0 Å². The van der Waals surface area contributed by atoms with Crippen molar-refractivity contribution in [3.63, 3.8) is 0 Å². The van der Waals surface area contributed by atoms with E-state index in [2.05, 4.69) is 5.32 Å². The van der Waals surface area contributed by atoms with E-state index in [9.17, 15) is 14.7 Å². The molecule has 1 aliphatic heterocycles. The molecule has 5 heteroatoms. The zero-order chi connectivity index (χ0) is 13.5. The average Bonchev–Trinajstić information content (AvgIpc) is 3.11. The lowest BCUT2D eigenvalue weighted by Crippen LogP contribution is -2.52. The smallest absolute Gasteiger partial charge is 0.246 e. The minimum absolute atomic E-state index is 0.0391. The molecule has 1 aromatic carbocycles. The van der Waals surface area contributed by atoms with Gasteiger partial charge in [0, 0.05) is 12.1 Å². The molecule has 0 unspecified atom stereocenters.